The van der Waals surface area contributed by atoms with Crippen molar-refractivity contribution in [3.8, 4) is 5.75 Å². The summed E-state index contributed by atoms with van der Waals surface area (Å²) in [5, 5.41) is 8.77. The Labute approximate surface area is 117 Å². The van der Waals surface area contributed by atoms with Crippen LogP contribution in [0.5, 0.6) is 5.75 Å². The van der Waals surface area contributed by atoms with E-state index in [9.17, 15) is 9.59 Å². The van der Waals surface area contributed by atoms with Crippen molar-refractivity contribution in [3.63, 3.8) is 0 Å². The maximum atomic E-state index is 11.4. The number of aliphatic carboxylic acids is 1. The zero-order valence-electron chi connectivity index (χ0n) is 12.0. The van der Waals surface area contributed by atoms with Crippen molar-refractivity contribution in [1.82, 2.24) is 0 Å². The Morgan fingerprint density at radius 2 is 1.70 bits per heavy atom. The topological polar surface area (TPSA) is 72.8 Å². The van der Waals surface area contributed by atoms with Gasteiger partial charge in [0.25, 0.3) is 0 Å². The molecule has 0 unspecified atom stereocenters. The van der Waals surface area contributed by atoms with Crippen LogP contribution in [0, 0.1) is 0 Å². The molecule has 1 rings (SSSR count). The van der Waals surface area contributed by atoms with E-state index in [0.717, 1.165) is 0 Å². The lowest BCUT2D eigenvalue weighted by Gasteiger charge is -2.18. The van der Waals surface area contributed by atoms with Gasteiger partial charge in [-0.1, -0.05) is 12.1 Å². The molecule has 0 fully saturated rings. The molecule has 0 aliphatic rings. The smallest absolute Gasteiger partial charge is 0.478 e. The first-order valence-electron chi connectivity index (χ1n) is 6.10. The van der Waals surface area contributed by atoms with Crippen LogP contribution in [-0.4, -0.2) is 22.8 Å². The molecule has 1 aromatic rings. The molecule has 0 radical (unpaired) electrons. The maximum absolute atomic E-state index is 11.4. The minimum absolute atomic E-state index is 0.228. The van der Waals surface area contributed by atoms with Crippen LogP contribution in [0.15, 0.2) is 29.8 Å². The van der Waals surface area contributed by atoms with Gasteiger partial charge in [-0.05, 0) is 51.5 Å². The normalized spacial score (nSPS) is 11.9. The second-order valence-electron chi connectivity index (χ2n) is 5.27. The fourth-order valence-electron chi connectivity index (χ4n) is 1.31. The monoisotopic (exact) mass is 278 g/mol. The summed E-state index contributed by atoms with van der Waals surface area (Å²) in [6.45, 7) is 6.75. The van der Waals surface area contributed by atoms with E-state index in [0.29, 0.717) is 11.3 Å². The molecule has 0 saturated carbocycles. The van der Waals surface area contributed by atoms with Crippen LogP contribution in [0.3, 0.4) is 0 Å². The summed E-state index contributed by atoms with van der Waals surface area (Å²) in [5.41, 5.74) is 0.325. The van der Waals surface area contributed by atoms with Gasteiger partial charge in [0.15, 0.2) is 0 Å². The second kappa shape index (κ2) is 6.23. The van der Waals surface area contributed by atoms with Gasteiger partial charge in [-0.3, -0.25) is 0 Å². The predicted octanol–water partition coefficient (Wildman–Crippen LogP) is 3.49. The van der Waals surface area contributed by atoms with Crippen molar-refractivity contribution in [2.24, 2.45) is 0 Å². The number of benzene rings is 1. The molecule has 0 aliphatic heterocycles. The van der Waals surface area contributed by atoms with Crippen molar-refractivity contribution in [2.45, 2.75) is 33.3 Å². The highest BCUT2D eigenvalue weighted by Gasteiger charge is 2.17. The summed E-state index contributed by atoms with van der Waals surface area (Å²) < 4.78 is 10.0. The van der Waals surface area contributed by atoms with Gasteiger partial charge < -0.3 is 14.6 Å². The molecule has 108 valence electrons. The molecule has 5 heteroatoms. The van der Waals surface area contributed by atoms with Crippen LogP contribution in [0.2, 0.25) is 0 Å². The maximum Gasteiger partial charge on any atom is 0.514 e. The molecular formula is C15H18O5. The van der Waals surface area contributed by atoms with Gasteiger partial charge in [-0.25, -0.2) is 9.59 Å². The quantitative estimate of drug-likeness (QED) is 0.520. The van der Waals surface area contributed by atoms with Crippen LogP contribution in [0.25, 0.3) is 6.08 Å². The van der Waals surface area contributed by atoms with Crippen molar-refractivity contribution >= 4 is 18.2 Å². The van der Waals surface area contributed by atoms with Gasteiger partial charge in [0, 0.05) is 5.57 Å². The molecule has 1 aromatic carbocycles. The number of carbonyl (C=O) groups is 2. The summed E-state index contributed by atoms with van der Waals surface area (Å²) in [6.07, 6.45) is 0.752. The van der Waals surface area contributed by atoms with Crippen LogP contribution < -0.4 is 4.74 Å². The molecule has 5 nitrogen and oxygen atoms in total. The Morgan fingerprint density at radius 1 is 1.15 bits per heavy atom. The Morgan fingerprint density at radius 3 is 2.15 bits per heavy atom. The zero-order valence-corrected chi connectivity index (χ0v) is 12.0. The summed E-state index contributed by atoms with van der Waals surface area (Å²) in [6, 6.07) is 6.47. The molecule has 0 aromatic heterocycles. The van der Waals surface area contributed by atoms with E-state index >= 15 is 0 Å². The number of carboxylic acids is 1. The van der Waals surface area contributed by atoms with E-state index in [4.69, 9.17) is 14.6 Å². The minimum atomic E-state index is -0.973. The third-order valence-corrected chi connectivity index (χ3v) is 2.19. The lowest BCUT2D eigenvalue weighted by atomic mass is 10.1. The number of ether oxygens (including phenoxy) is 2. The molecule has 0 bridgehead atoms. The van der Waals surface area contributed by atoms with Gasteiger partial charge in [0.05, 0.1) is 0 Å². The highest BCUT2D eigenvalue weighted by molar-refractivity contribution is 5.91. The lowest BCUT2D eigenvalue weighted by Crippen LogP contribution is -2.25. The van der Waals surface area contributed by atoms with Crippen molar-refractivity contribution < 1.29 is 24.2 Å². The number of rotatable bonds is 3. The van der Waals surface area contributed by atoms with Gasteiger partial charge >= 0.3 is 12.1 Å². The van der Waals surface area contributed by atoms with Gasteiger partial charge in [-0.15, -0.1) is 0 Å². The Kier molecular flexibility index (Phi) is 4.91. The largest absolute Gasteiger partial charge is 0.514 e. The summed E-state index contributed by atoms with van der Waals surface area (Å²) >= 11 is 0. The third-order valence-electron chi connectivity index (χ3n) is 2.19. The molecule has 0 amide bonds. The van der Waals surface area contributed by atoms with Crippen molar-refractivity contribution in [1.29, 1.82) is 0 Å². The lowest BCUT2D eigenvalue weighted by molar-refractivity contribution is -0.132. The van der Waals surface area contributed by atoms with Crippen LogP contribution in [-0.2, 0) is 9.53 Å². The van der Waals surface area contributed by atoms with Crippen molar-refractivity contribution in [2.75, 3.05) is 0 Å². The van der Waals surface area contributed by atoms with Gasteiger partial charge in [-0.2, -0.15) is 0 Å². The zero-order chi connectivity index (χ0) is 15.3. The van der Waals surface area contributed by atoms with Gasteiger partial charge in [0.2, 0.25) is 0 Å². The molecule has 0 atom stereocenters. The summed E-state index contributed by atoms with van der Waals surface area (Å²) in [4.78, 5) is 22.1. The van der Waals surface area contributed by atoms with Crippen LogP contribution in [0.4, 0.5) is 4.79 Å². The van der Waals surface area contributed by atoms with E-state index < -0.39 is 17.7 Å². The highest BCUT2D eigenvalue weighted by Crippen LogP contribution is 2.16. The first-order valence-corrected chi connectivity index (χ1v) is 6.10. The van der Waals surface area contributed by atoms with E-state index in [1.54, 1.807) is 45.0 Å². The fraction of sp³-hybridized carbons (Fsp3) is 0.333. The molecule has 0 heterocycles. The fourth-order valence-corrected chi connectivity index (χ4v) is 1.31. The molecular weight excluding hydrogens is 260 g/mol. The molecule has 0 spiro atoms. The third kappa shape index (κ3) is 5.56. The predicted molar refractivity (Wildman–Crippen MR) is 74.6 cm³/mol. The SMILES string of the molecule is CC(=Cc1ccc(OC(=O)OC(C)(C)C)cc1)C(=O)O. The number of carbonyl (C=O) groups excluding carboxylic acids is 1. The molecule has 1 N–H and O–H groups in total. The van der Waals surface area contributed by atoms with Gasteiger partial charge in [0.1, 0.15) is 11.4 Å². The highest BCUT2D eigenvalue weighted by atomic mass is 16.7. The second-order valence-corrected chi connectivity index (χ2v) is 5.27. The van der Waals surface area contributed by atoms with E-state index in [1.165, 1.54) is 13.0 Å². The van der Waals surface area contributed by atoms with Crippen LogP contribution in [0.1, 0.15) is 33.3 Å². The average molecular weight is 278 g/mol. The Balaban J connectivity index is 2.70. The first-order chi connectivity index (χ1) is 9.17. The van der Waals surface area contributed by atoms with E-state index in [-0.39, 0.29) is 5.57 Å². The first kappa shape index (κ1) is 15.8. The van der Waals surface area contributed by atoms with E-state index in [1.807, 2.05) is 0 Å². The molecule has 0 saturated heterocycles. The van der Waals surface area contributed by atoms with Crippen molar-refractivity contribution in [3.05, 3.63) is 35.4 Å². The number of hydrogen-bond acceptors (Lipinski definition) is 4. The molecule has 20 heavy (non-hydrogen) atoms. The standard InChI is InChI=1S/C15H18O5/c1-10(13(16)17)9-11-5-7-12(8-6-11)19-14(18)20-15(2,3)4/h5-9H,1-4H3,(H,16,17). The molecule has 0 aliphatic carbocycles. The Bertz CT molecular complexity index is 520. The summed E-state index contributed by atoms with van der Waals surface area (Å²) in [5.74, 6) is -0.636. The minimum Gasteiger partial charge on any atom is -0.478 e. The number of hydrogen-bond donors (Lipinski definition) is 1. The Hall–Kier alpha value is -2.30. The average Bonchev–Trinajstić information content (AvgIpc) is 2.28. The summed E-state index contributed by atoms with van der Waals surface area (Å²) in [7, 11) is 0. The number of carboxylic acid groups (broad SMARTS) is 1. The van der Waals surface area contributed by atoms with Crippen LogP contribution >= 0.6 is 0 Å². The van der Waals surface area contributed by atoms with E-state index in [2.05, 4.69) is 0 Å².